The number of rotatable bonds is 4. The van der Waals surface area contributed by atoms with E-state index in [2.05, 4.69) is 0 Å². The minimum Gasteiger partial charge on any atom is -0.456 e. The average molecular weight is 349 g/mol. The zero-order valence-corrected chi connectivity index (χ0v) is 13.5. The minimum absolute atomic E-state index is 0.0609. The first-order valence-electron chi connectivity index (χ1n) is 5.46. The molecule has 0 bridgehead atoms. The predicted molar refractivity (Wildman–Crippen MR) is 82.8 cm³/mol. The molecule has 7 heteroatoms. The quantitative estimate of drug-likeness (QED) is 0.588. The van der Waals surface area contributed by atoms with Crippen molar-refractivity contribution in [2.75, 3.05) is 6.26 Å². The summed E-state index contributed by atoms with van der Waals surface area (Å²) in [5, 5.41) is 0.181. The van der Waals surface area contributed by atoms with Gasteiger partial charge in [0.05, 0.1) is 9.92 Å². The summed E-state index contributed by atoms with van der Waals surface area (Å²) in [5.41, 5.74) is 0. The predicted octanol–water partition coefficient (Wildman–Crippen LogP) is 4.78. The van der Waals surface area contributed by atoms with Gasteiger partial charge < -0.3 is 4.74 Å². The van der Waals surface area contributed by atoms with E-state index in [0.29, 0.717) is 11.5 Å². The number of hydrogen-bond acceptors (Lipinski definition) is 4. The van der Waals surface area contributed by atoms with Gasteiger partial charge in [0.2, 0.25) is 0 Å². The highest BCUT2D eigenvalue weighted by atomic mass is 35.7. The zero-order chi connectivity index (χ0) is 14.8. The molecule has 0 aliphatic carbocycles. The summed E-state index contributed by atoms with van der Waals surface area (Å²) in [6.45, 7) is 0. The van der Waals surface area contributed by atoms with Crippen molar-refractivity contribution in [3.8, 4) is 11.5 Å². The molecule has 0 aromatic heterocycles. The second-order valence-electron chi connectivity index (χ2n) is 3.81. The monoisotopic (exact) mass is 348 g/mol. The van der Waals surface area contributed by atoms with Crippen LogP contribution in [0, 0.1) is 0 Å². The van der Waals surface area contributed by atoms with Gasteiger partial charge in [-0.05, 0) is 48.7 Å². The summed E-state index contributed by atoms with van der Waals surface area (Å²) in [7, 11) is 1.45. The molecule has 0 unspecified atom stereocenters. The normalized spacial score (nSPS) is 11.3. The molecule has 0 heterocycles. The van der Waals surface area contributed by atoms with Gasteiger partial charge in [-0.15, -0.1) is 11.8 Å². The van der Waals surface area contributed by atoms with E-state index in [4.69, 9.17) is 27.0 Å². The van der Waals surface area contributed by atoms with Gasteiger partial charge in [0, 0.05) is 15.6 Å². The summed E-state index contributed by atoms with van der Waals surface area (Å²) in [4.78, 5) is 1.06. The number of benzene rings is 2. The van der Waals surface area contributed by atoms with Crippen molar-refractivity contribution in [1.29, 1.82) is 0 Å². The molecule has 2 aromatic carbocycles. The lowest BCUT2D eigenvalue weighted by Gasteiger charge is -2.08. The molecule has 0 fully saturated rings. The second-order valence-corrected chi connectivity index (χ2v) is 7.66. The average Bonchev–Trinajstić information content (AvgIpc) is 2.41. The van der Waals surface area contributed by atoms with E-state index in [1.807, 2.05) is 30.5 Å². The fourth-order valence-corrected chi connectivity index (χ4v) is 2.96. The Labute approximate surface area is 131 Å². The lowest BCUT2D eigenvalue weighted by molar-refractivity contribution is 0.482. The van der Waals surface area contributed by atoms with Gasteiger partial charge in [0.1, 0.15) is 11.5 Å². The Hall–Kier alpha value is -0.880. The van der Waals surface area contributed by atoms with Crippen LogP contribution >= 0.6 is 34.0 Å². The van der Waals surface area contributed by atoms with E-state index in [1.165, 1.54) is 18.2 Å². The van der Waals surface area contributed by atoms with E-state index in [0.717, 1.165) is 4.90 Å². The number of halogens is 2. The molecular weight excluding hydrogens is 339 g/mol. The van der Waals surface area contributed by atoms with Crippen LogP contribution < -0.4 is 4.74 Å². The summed E-state index contributed by atoms with van der Waals surface area (Å²) in [6, 6.07) is 11.6. The highest BCUT2D eigenvalue weighted by Crippen LogP contribution is 2.32. The van der Waals surface area contributed by atoms with Gasteiger partial charge in [-0.3, -0.25) is 0 Å². The summed E-state index contributed by atoms with van der Waals surface area (Å²) in [5.74, 6) is 0.985. The molecule has 0 spiro atoms. The highest BCUT2D eigenvalue weighted by molar-refractivity contribution is 8.13. The molecule has 2 rings (SSSR count). The molecule has 0 N–H and O–H groups in total. The van der Waals surface area contributed by atoms with Gasteiger partial charge >= 0.3 is 0 Å². The molecule has 0 radical (unpaired) electrons. The molecule has 20 heavy (non-hydrogen) atoms. The van der Waals surface area contributed by atoms with Crippen LogP contribution in [0.15, 0.2) is 52.3 Å². The Balaban J connectivity index is 2.25. The zero-order valence-electron chi connectivity index (χ0n) is 10.3. The van der Waals surface area contributed by atoms with Crippen LogP contribution in [0.4, 0.5) is 0 Å². The maximum Gasteiger partial charge on any atom is 0.261 e. The van der Waals surface area contributed by atoms with E-state index < -0.39 is 9.05 Å². The van der Waals surface area contributed by atoms with E-state index in [1.54, 1.807) is 11.8 Å². The number of hydrogen-bond donors (Lipinski definition) is 0. The first kappa shape index (κ1) is 15.5. The SMILES string of the molecule is CSc1ccc(Oc2ccc(S(=O)(=O)Cl)cc2Cl)cc1. The van der Waals surface area contributed by atoms with E-state index in [9.17, 15) is 8.42 Å². The largest absolute Gasteiger partial charge is 0.456 e. The highest BCUT2D eigenvalue weighted by Gasteiger charge is 2.13. The molecular formula is C13H10Cl2O3S2. The van der Waals surface area contributed by atoms with Crippen LogP contribution in [-0.2, 0) is 9.05 Å². The number of ether oxygens (including phenoxy) is 1. The third-order valence-electron chi connectivity index (χ3n) is 2.47. The lowest BCUT2D eigenvalue weighted by atomic mass is 10.3. The van der Waals surface area contributed by atoms with Gasteiger partial charge in [0.25, 0.3) is 9.05 Å². The molecule has 0 saturated heterocycles. The summed E-state index contributed by atoms with van der Waals surface area (Å²) >= 11 is 7.62. The summed E-state index contributed by atoms with van der Waals surface area (Å²) < 4.78 is 28.0. The molecule has 106 valence electrons. The first-order valence-corrected chi connectivity index (χ1v) is 9.37. The molecule has 0 aliphatic rings. The van der Waals surface area contributed by atoms with Crippen molar-refractivity contribution in [2.24, 2.45) is 0 Å². The third kappa shape index (κ3) is 3.82. The van der Waals surface area contributed by atoms with Crippen molar-refractivity contribution in [2.45, 2.75) is 9.79 Å². The first-order chi connectivity index (χ1) is 9.40. The van der Waals surface area contributed by atoms with Crippen LogP contribution in [-0.4, -0.2) is 14.7 Å². The molecule has 0 atom stereocenters. The fourth-order valence-electron chi connectivity index (χ4n) is 1.49. The Bertz CT molecular complexity index is 713. The fraction of sp³-hybridized carbons (Fsp3) is 0.0769. The Morgan fingerprint density at radius 1 is 1.10 bits per heavy atom. The Morgan fingerprint density at radius 3 is 2.25 bits per heavy atom. The topological polar surface area (TPSA) is 43.4 Å². The Kier molecular flexibility index (Phi) is 4.86. The molecule has 2 aromatic rings. The van der Waals surface area contributed by atoms with Crippen molar-refractivity contribution in [3.63, 3.8) is 0 Å². The van der Waals surface area contributed by atoms with E-state index in [-0.39, 0.29) is 9.92 Å². The van der Waals surface area contributed by atoms with Gasteiger partial charge in [-0.25, -0.2) is 8.42 Å². The molecule has 3 nitrogen and oxygen atoms in total. The second kappa shape index (κ2) is 6.26. The van der Waals surface area contributed by atoms with Crippen molar-refractivity contribution >= 4 is 43.1 Å². The lowest BCUT2D eigenvalue weighted by Crippen LogP contribution is -1.92. The Morgan fingerprint density at radius 2 is 1.75 bits per heavy atom. The van der Waals surface area contributed by atoms with E-state index >= 15 is 0 Å². The maximum atomic E-state index is 11.2. The van der Waals surface area contributed by atoms with Crippen LogP contribution in [0.25, 0.3) is 0 Å². The molecule has 0 saturated carbocycles. The van der Waals surface area contributed by atoms with Gasteiger partial charge in [0.15, 0.2) is 0 Å². The van der Waals surface area contributed by atoms with Crippen molar-refractivity contribution < 1.29 is 13.2 Å². The smallest absolute Gasteiger partial charge is 0.261 e. The minimum atomic E-state index is -3.79. The van der Waals surface area contributed by atoms with Crippen LogP contribution in [0.3, 0.4) is 0 Å². The maximum absolute atomic E-state index is 11.2. The van der Waals surface area contributed by atoms with Crippen LogP contribution in [0.5, 0.6) is 11.5 Å². The van der Waals surface area contributed by atoms with Crippen molar-refractivity contribution in [1.82, 2.24) is 0 Å². The van der Waals surface area contributed by atoms with Crippen molar-refractivity contribution in [3.05, 3.63) is 47.5 Å². The molecule has 0 aliphatic heterocycles. The standard InChI is InChI=1S/C13H10Cl2O3S2/c1-19-10-4-2-9(3-5-10)18-13-7-6-11(8-12(13)14)20(15,16)17/h2-8H,1H3. The van der Waals surface area contributed by atoms with Gasteiger partial charge in [-0.2, -0.15) is 0 Å². The third-order valence-corrected chi connectivity index (χ3v) is 4.86. The number of thioether (sulfide) groups is 1. The molecule has 0 amide bonds. The van der Waals surface area contributed by atoms with Gasteiger partial charge in [-0.1, -0.05) is 11.6 Å². The van der Waals surface area contributed by atoms with Crippen LogP contribution in [0.1, 0.15) is 0 Å². The summed E-state index contributed by atoms with van der Waals surface area (Å²) in [6.07, 6.45) is 1.98. The van der Waals surface area contributed by atoms with Crippen LogP contribution in [0.2, 0.25) is 5.02 Å².